The van der Waals surface area contributed by atoms with E-state index in [9.17, 15) is 14.4 Å². The van der Waals surface area contributed by atoms with Crippen molar-refractivity contribution in [2.45, 2.75) is 103 Å². The van der Waals surface area contributed by atoms with Crippen LogP contribution in [0.5, 0.6) is 11.6 Å². The van der Waals surface area contributed by atoms with Gasteiger partial charge in [-0.15, -0.1) is 0 Å². The van der Waals surface area contributed by atoms with E-state index in [1.165, 1.54) is 37.1 Å². The van der Waals surface area contributed by atoms with Gasteiger partial charge in [-0.05, 0) is 50.7 Å². The molecule has 0 spiro atoms. The SMILES string of the molecule is COc1ccc2nc3c(nc2c1)O[C@H]1CN(C(=O)[C@H](C(C)(C)C)NC(=O)O[C@]2(C)C[C@H]2CCCC(F)(F)C3(F)F)[C@H](C(C)=O)[C@@H]1C. The number of carbonyl (C=O) groups is 3. The van der Waals surface area contributed by atoms with Gasteiger partial charge in [0.2, 0.25) is 11.8 Å². The van der Waals surface area contributed by atoms with Gasteiger partial charge >= 0.3 is 17.9 Å². The molecule has 10 nitrogen and oxygen atoms in total. The van der Waals surface area contributed by atoms with Crippen LogP contribution in [0.4, 0.5) is 22.4 Å². The highest BCUT2D eigenvalue weighted by Gasteiger charge is 2.61. The van der Waals surface area contributed by atoms with Crippen molar-refractivity contribution in [1.82, 2.24) is 20.2 Å². The number of hydrogen-bond acceptors (Lipinski definition) is 8. The Morgan fingerprint density at radius 1 is 1.13 bits per heavy atom. The topological polar surface area (TPSA) is 120 Å². The van der Waals surface area contributed by atoms with Crippen LogP contribution in [0.15, 0.2) is 18.2 Å². The van der Waals surface area contributed by atoms with Gasteiger partial charge in [0.1, 0.15) is 23.5 Å². The molecule has 0 unspecified atom stereocenters. The maximum Gasteiger partial charge on any atom is 0.408 e. The fourth-order valence-corrected chi connectivity index (χ4v) is 6.53. The Morgan fingerprint density at radius 2 is 1.83 bits per heavy atom. The monoisotopic (exact) mass is 652 g/mol. The predicted molar refractivity (Wildman–Crippen MR) is 158 cm³/mol. The Labute approximate surface area is 264 Å². The van der Waals surface area contributed by atoms with Gasteiger partial charge in [0.15, 0.2) is 11.5 Å². The summed E-state index contributed by atoms with van der Waals surface area (Å²) in [5.74, 6) is -12.0. The molecule has 6 atom stereocenters. The van der Waals surface area contributed by atoms with Crippen LogP contribution < -0.4 is 14.8 Å². The van der Waals surface area contributed by atoms with E-state index in [-0.39, 0.29) is 36.3 Å². The van der Waals surface area contributed by atoms with Crippen LogP contribution >= 0.6 is 0 Å². The van der Waals surface area contributed by atoms with Crippen molar-refractivity contribution in [2.75, 3.05) is 13.7 Å². The molecule has 46 heavy (non-hydrogen) atoms. The van der Waals surface area contributed by atoms with Gasteiger partial charge in [0, 0.05) is 24.3 Å². The summed E-state index contributed by atoms with van der Waals surface area (Å²) < 4.78 is 79.6. The number of hydrogen-bond donors (Lipinski definition) is 1. The van der Waals surface area contributed by atoms with Crippen molar-refractivity contribution < 1.29 is 46.2 Å². The molecule has 2 bridgehead atoms. The molecule has 3 aliphatic rings. The molecular formula is C32H40F4N4O6. The van der Waals surface area contributed by atoms with Crippen molar-refractivity contribution in [2.24, 2.45) is 17.3 Å². The van der Waals surface area contributed by atoms with Crippen molar-refractivity contribution in [1.29, 1.82) is 0 Å². The summed E-state index contributed by atoms with van der Waals surface area (Å²) in [5.41, 5.74) is -3.18. The van der Waals surface area contributed by atoms with Gasteiger partial charge in [-0.3, -0.25) is 9.59 Å². The van der Waals surface area contributed by atoms with Gasteiger partial charge in [-0.2, -0.15) is 17.6 Å². The molecule has 2 fully saturated rings. The standard InChI is InChI=1S/C32H40F4N4O6/c1-16-22-15-40(23(16)17(2)41)27(42)25(29(3,4)5)39-28(43)46-30(6)14-18(30)9-8-12-31(33,34)32(35,36)24-26(45-22)38-21-13-19(44-7)10-11-20(21)37-24/h10-11,13,16,18,22-23,25H,8-9,12,14-15H2,1-7H3,(H,39,43)/t16-,18-,22+,23+,25-,30-/m1/s1. The molecule has 0 radical (unpaired) electrons. The van der Waals surface area contributed by atoms with Gasteiger partial charge in [0.25, 0.3) is 0 Å². The van der Waals surface area contributed by atoms with Crippen LogP contribution in [0.3, 0.4) is 0 Å². The van der Waals surface area contributed by atoms with E-state index >= 15 is 17.6 Å². The number of nitrogens with zero attached hydrogens (tertiary/aromatic N) is 3. The molecule has 1 saturated heterocycles. The number of rotatable bonds is 2. The number of carbonyl (C=O) groups excluding carboxylic acids is 3. The fourth-order valence-electron chi connectivity index (χ4n) is 6.53. The molecule has 5 rings (SSSR count). The number of halogens is 4. The highest BCUT2D eigenvalue weighted by atomic mass is 19.3. The number of methoxy groups -OCH3 is 1. The number of aromatic nitrogens is 2. The van der Waals surface area contributed by atoms with Crippen molar-refractivity contribution in [3.8, 4) is 11.6 Å². The number of nitrogens with one attached hydrogen (secondary N) is 1. The number of benzene rings is 1. The van der Waals surface area contributed by atoms with Crippen LogP contribution in [-0.4, -0.2) is 76.0 Å². The molecule has 1 N–H and O–H groups in total. The summed E-state index contributed by atoms with van der Waals surface area (Å²) in [7, 11) is 1.39. The van der Waals surface area contributed by atoms with Gasteiger partial charge in [-0.25, -0.2) is 14.8 Å². The molecule has 2 aromatic rings. The zero-order valence-corrected chi connectivity index (χ0v) is 27.0. The Balaban J connectivity index is 1.63. The van der Waals surface area contributed by atoms with E-state index in [1.54, 1.807) is 34.6 Å². The second-order valence-corrected chi connectivity index (χ2v) is 14.0. The minimum atomic E-state index is -4.80. The first-order valence-electron chi connectivity index (χ1n) is 15.4. The van der Waals surface area contributed by atoms with Gasteiger partial charge < -0.3 is 24.4 Å². The Hall–Kier alpha value is -3.71. The van der Waals surface area contributed by atoms with Crippen molar-refractivity contribution in [3.63, 3.8) is 0 Å². The third kappa shape index (κ3) is 6.06. The van der Waals surface area contributed by atoms with Gasteiger partial charge in [0.05, 0.1) is 30.7 Å². The second-order valence-electron chi connectivity index (χ2n) is 14.0. The molecule has 1 aliphatic carbocycles. The van der Waals surface area contributed by atoms with E-state index in [0.29, 0.717) is 12.2 Å². The lowest BCUT2D eigenvalue weighted by molar-refractivity contribution is -0.223. The van der Waals surface area contributed by atoms with Crippen LogP contribution in [0.25, 0.3) is 11.0 Å². The third-order valence-electron chi connectivity index (χ3n) is 9.46. The molecule has 1 saturated carbocycles. The first-order chi connectivity index (χ1) is 21.3. The van der Waals surface area contributed by atoms with E-state index in [0.717, 1.165) is 0 Å². The Kier molecular flexibility index (Phi) is 8.42. The lowest BCUT2D eigenvalue weighted by Gasteiger charge is -2.35. The summed E-state index contributed by atoms with van der Waals surface area (Å²) in [5, 5.41) is 2.66. The summed E-state index contributed by atoms with van der Waals surface area (Å²) in [4.78, 5) is 49.4. The Bertz CT molecular complexity index is 1550. The van der Waals surface area contributed by atoms with Crippen LogP contribution in [-0.2, 0) is 20.2 Å². The summed E-state index contributed by atoms with van der Waals surface area (Å²) >= 11 is 0. The first kappa shape index (κ1) is 33.6. The molecule has 1 aromatic heterocycles. The normalized spacial score (nSPS) is 31.4. The average molecular weight is 653 g/mol. The fraction of sp³-hybridized carbons (Fsp3) is 0.656. The number of Topliss-reactive ketones (excluding diaryl/α,β-unsaturated/α-hetero) is 1. The molecule has 3 heterocycles. The lowest BCUT2D eigenvalue weighted by atomic mass is 9.85. The molecule has 2 amide bonds. The Morgan fingerprint density at radius 3 is 2.46 bits per heavy atom. The van der Waals surface area contributed by atoms with E-state index in [4.69, 9.17) is 14.2 Å². The maximum atomic E-state index is 16.0. The summed E-state index contributed by atoms with van der Waals surface area (Å²) in [6, 6.07) is 2.00. The van der Waals surface area contributed by atoms with Crippen molar-refractivity contribution >= 4 is 28.8 Å². The largest absolute Gasteiger partial charge is 0.497 e. The number of alkyl halides is 4. The summed E-state index contributed by atoms with van der Waals surface area (Å²) in [6.45, 7) is 9.47. The number of alkyl carbamates (subject to hydrolysis) is 1. The molecule has 14 heteroatoms. The minimum Gasteiger partial charge on any atom is -0.497 e. The van der Waals surface area contributed by atoms with E-state index in [2.05, 4.69) is 15.3 Å². The number of ether oxygens (including phenoxy) is 3. The van der Waals surface area contributed by atoms with Crippen molar-refractivity contribution in [3.05, 3.63) is 23.9 Å². The number of ketones is 1. The van der Waals surface area contributed by atoms with Crippen LogP contribution in [0.2, 0.25) is 0 Å². The zero-order chi connectivity index (χ0) is 34.0. The lowest BCUT2D eigenvalue weighted by Crippen LogP contribution is -2.57. The average Bonchev–Trinajstić information content (AvgIpc) is 3.46. The zero-order valence-electron chi connectivity index (χ0n) is 27.0. The van der Waals surface area contributed by atoms with Crippen LogP contribution in [0.1, 0.15) is 72.9 Å². The van der Waals surface area contributed by atoms with Gasteiger partial charge in [-0.1, -0.05) is 27.7 Å². The summed E-state index contributed by atoms with van der Waals surface area (Å²) in [6.07, 6.45) is -2.97. The number of amides is 2. The quantitative estimate of drug-likeness (QED) is 0.414. The minimum absolute atomic E-state index is 0.0598. The molecule has 1 aromatic carbocycles. The molecular weight excluding hydrogens is 612 g/mol. The maximum absolute atomic E-state index is 16.0. The van der Waals surface area contributed by atoms with E-state index in [1.807, 2.05) is 0 Å². The highest BCUT2D eigenvalue weighted by molar-refractivity contribution is 5.92. The third-order valence-corrected chi connectivity index (χ3v) is 9.46. The first-order valence-corrected chi connectivity index (χ1v) is 15.4. The number of fused-ring (bicyclic) bond motifs is 5. The molecule has 252 valence electrons. The smallest absolute Gasteiger partial charge is 0.408 e. The second kappa shape index (κ2) is 11.5. The van der Waals surface area contributed by atoms with Crippen LogP contribution in [0, 0.1) is 17.3 Å². The predicted octanol–water partition coefficient (Wildman–Crippen LogP) is 5.65. The highest BCUT2D eigenvalue weighted by Crippen LogP contribution is 2.52. The van der Waals surface area contributed by atoms with E-state index < -0.39 is 82.7 Å². The molecule has 2 aliphatic heterocycles.